The van der Waals surface area contributed by atoms with E-state index >= 15 is 0 Å². The van der Waals surface area contributed by atoms with Crippen LogP contribution in [0.25, 0.3) is 0 Å². The first-order valence-corrected chi connectivity index (χ1v) is 4.67. The van der Waals surface area contributed by atoms with Crippen molar-refractivity contribution >= 4 is 11.8 Å². The van der Waals surface area contributed by atoms with Crippen LogP contribution in [0, 0.1) is 5.92 Å². The van der Waals surface area contributed by atoms with Crippen molar-refractivity contribution < 1.29 is 9.90 Å². The minimum Gasteiger partial charge on any atom is -0.465 e. The molecule has 0 heterocycles. The molecule has 1 aromatic rings. The number of hydrogen-bond donors (Lipinski definition) is 2. The Morgan fingerprint density at radius 1 is 1.43 bits per heavy atom. The van der Waals surface area contributed by atoms with Crippen LogP contribution in [0.4, 0.5) is 10.5 Å². The quantitative estimate of drug-likeness (QED) is 0.775. The Bertz CT molecular complexity index is 321. The van der Waals surface area contributed by atoms with Crippen LogP contribution in [0.15, 0.2) is 24.3 Å². The standard InChI is InChI=1S/C11H15NO2/c1-8(2)7-9-5-3-4-6-10(9)12-11(13)14/h3-6,8,12H,7H2,1-2H3,(H,13,14). The fraction of sp³-hybridized carbons (Fsp3) is 0.364. The summed E-state index contributed by atoms with van der Waals surface area (Å²) >= 11 is 0. The second-order valence-corrected chi connectivity index (χ2v) is 3.69. The van der Waals surface area contributed by atoms with Gasteiger partial charge in [-0.25, -0.2) is 4.79 Å². The molecule has 0 atom stereocenters. The zero-order valence-corrected chi connectivity index (χ0v) is 8.45. The average Bonchev–Trinajstić information content (AvgIpc) is 2.06. The van der Waals surface area contributed by atoms with Gasteiger partial charge in [0.1, 0.15) is 0 Å². The summed E-state index contributed by atoms with van der Waals surface area (Å²) in [7, 11) is 0. The summed E-state index contributed by atoms with van der Waals surface area (Å²) in [6.45, 7) is 4.22. The van der Waals surface area contributed by atoms with Crippen LogP contribution in [-0.4, -0.2) is 11.2 Å². The van der Waals surface area contributed by atoms with Gasteiger partial charge in [-0.05, 0) is 24.0 Å². The highest BCUT2D eigenvalue weighted by Crippen LogP contribution is 2.18. The Hall–Kier alpha value is -1.51. The van der Waals surface area contributed by atoms with Crippen molar-refractivity contribution in [3.05, 3.63) is 29.8 Å². The highest BCUT2D eigenvalue weighted by Gasteiger charge is 2.05. The molecule has 0 aliphatic rings. The molecule has 76 valence electrons. The van der Waals surface area contributed by atoms with E-state index in [1.54, 1.807) is 6.07 Å². The first-order valence-electron chi connectivity index (χ1n) is 4.67. The van der Waals surface area contributed by atoms with Crippen LogP contribution in [-0.2, 0) is 6.42 Å². The van der Waals surface area contributed by atoms with Crippen LogP contribution in [0.1, 0.15) is 19.4 Å². The van der Waals surface area contributed by atoms with E-state index in [1.165, 1.54) is 0 Å². The number of benzene rings is 1. The lowest BCUT2D eigenvalue weighted by Crippen LogP contribution is -2.10. The Morgan fingerprint density at radius 2 is 2.07 bits per heavy atom. The molecule has 0 radical (unpaired) electrons. The first kappa shape index (κ1) is 10.6. The minimum atomic E-state index is -1.01. The fourth-order valence-electron chi connectivity index (χ4n) is 1.38. The molecule has 2 N–H and O–H groups in total. The van der Waals surface area contributed by atoms with Crippen molar-refractivity contribution in [2.75, 3.05) is 5.32 Å². The normalized spacial score (nSPS) is 10.2. The summed E-state index contributed by atoms with van der Waals surface area (Å²) in [6.07, 6.45) is -0.127. The highest BCUT2D eigenvalue weighted by atomic mass is 16.4. The Kier molecular flexibility index (Phi) is 3.51. The molecule has 0 spiro atoms. The van der Waals surface area contributed by atoms with Gasteiger partial charge in [-0.3, -0.25) is 5.32 Å². The summed E-state index contributed by atoms with van der Waals surface area (Å²) in [5, 5.41) is 11.0. The second kappa shape index (κ2) is 4.65. The summed E-state index contributed by atoms with van der Waals surface area (Å²) in [5.74, 6) is 0.520. The zero-order chi connectivity index (χ0) is 10.6. The minimum absolute atomic E-state index is 0.520. The molecule has 0 saturated heterocycles. The largest absolute Gasteiger partial charge is 0.465 e. The lowest BCUT2D eigenvalue weighted by Gasteiger charge is -2.10. The number of carboxylic acid groups (broad SMARTS) is 1. The monoisotopic (exact) mass is 193 g/mol. The van der Waals surface area contributed by atoms with E-state index in [0.29, 0.717) is 11.6 Å². The molecule has 14 heavy (non-hydrogen) atoms. The third-order valence-corrected chi connectivity index (χ3v) is 1.89. The predicted molar refractivity (Wildman–Crippen MR) is 56.6 cm³/mol. The van der Waals surface area contributed by atoms with Crippen molar-refractivity contribution in [2.45, 2.75) is 20.3 Å². The van der Waals surface area contributed by atoms with Gasteiger partial charge in [0.15, 0.2) is 0 Å². The summed E-state index contributed by atoms with van der Waals surface area (Å²) < 4.78 is 0. The van der Waals surface area contributed by atoms with Crippen molar-refractivity contribution in [3.8, 4) is 0 Å². The van der Waals surface area contributed by atoms with Gasteiger partial charge >= 0.3 is 6.09 Å². The maximum absolute atomic E-state index is 10.5. The predicted octanol–water partition coefficient (Wildman–Crippen LogP) is 2.98. The number of amides is 1. The van der Waals surface area contributed by atoms with Gasteiger partial charge in [0.25, 0.3) is 0 Å². The van der Waals surface area contributed by atoms with Gasteiger partial charge in [0.2, 0.25) is 0 Å². The number of rotatable bonds is 3. The molecule has 0 unspecified atom stereocenters. The maximum atomic E-state index is 10.5. The molecule has 1 amide bonds. The van der Waals surface area contributed by atoms with Crippen LogP contribution in [0.5, 0.6) is 0 Å². The topological polar surface area (TPSA) is 49.3 Å². The summed E-state index contributed by atoms with van der Waals surface area (Å²) in [5.41, 5.74) is 1.73. The summed E-state index contributed by atoms with van der Waals surface area (Å²) in [6, 6.07) is 7.48. The Labute approximate surface area is 83.8 Å². The molecule has 1 rings (SSSR count). The third-order valence-electron chi connectivity index (χ3n) is 1.89. The van der Waals surface area contributed by atoms with E-state index < -0.39 is 6.09 Å². The van der Waals surface area contributed by atoms with E-state index in [0.717, 1.165) is 12.0 Å². The number of nitrogens with one attached hydrogen (secondary N) is 1. The van der Waals surface area contributed by atoms with Gasteiger partial charge in [-0.1, -0.05) is 32.0 Å². The maximum Gasteiger partial charge on any atom is 0.409 e. The highest BCUT2D eigenvalue weighted by molar-refractivity contribution is 5.83. The van der Waals surface area contributed by atoms with Crippen LogP contribution >= 0.6 is 0 Å². The lowest BCUT2D eigenvalue weighted by atomic mass is 10.0. The van der Waals surface area contributed by atoms with Crippen molar-refractivity contribution in [2.24, 2.45) is 5.92 Å². The molecule has 3 heteroatoms. The van der Waals surface area contributed by atoms with Gasteiger partial charge in [-0.2, -0.15) is 0 Å². The first-order chi connectivity index (χ1) is 6.59. The lowest BCUT2D eigenvalue weighted by molar-refractivity contribution is 0.209. The molecule has 0 aromatic heterocycles. The zero-order valence-electron chi connectivity index (χ0n) is 8.45. The van der Waals surface area contributed by atoms with Crippen molar-refractivity contribution in [3.63, 3.8) is 0 Å². The summed E-state index contributed by atoms with van der Waals surface area (Å²) in [4.78, 5) is 10.5. The molecular weight excluding hydrogens is 178 g/mol. The second-order valence-electron chi connectivity index (χ2n) is 3.69. The Morgan fingerprint density at radius 3 is 2.64 bits per heavy atom. The molecule has 3 nitrogen and oxygen atoms in total. The van der Waals surface area contributed by atoms with E-state index in [2.05, 4.69) is 19.2 Å². The molecule has 0 saturated carbocycles. The molecular formula is C11H15NO2. The fourth-order valence-corrected chi connectivity index (χ4v) is 1.38. The third kappa shape index (κ3) is 3.09. The van der Waals surface area contributed by atoms with Crippen LogP contribution in [0.2, 0.25) is 0 Å². The number of para-hydroxylation sites is 1. The van der Waals surface area contributed by atoms with E-state index in [9.17, 15) is 4.79 Å². The van der Waals surface area contributed by atoms with E-state index in [-0.39, 0.29) is 0 Å². The smallest absolute Gasteiger partial charge is 0.409 e. The van der Waals surface area contributed by atoms with Crippen LogP contribution < -0.4 is 5.32 Å². The van der Waals surface area contributed by atoms with E-state index in [1.807, 2.05) is 18.2 Å². The van der Waals surface area contributed by atoms with Gasteiger partial charge < -0.3 is 5.11 Å². The Balaban J connectivity index is 2.85. The molecule has 0 fully saturated rings. The van der Waals surface area contributed by atoms with Gasteiger partial charge in [0.05, 0.1) is 0 Å². The van der Waals surface area contributed by atoms with Gasteiger partial charge in [-0.15, -0.1) is 0 Å². The van der Waals surface area contributed by atoms with Crippen molar-refractivity contribution in [1.29, 1.82) is 0 Å². The van der Waals surface area contributed by atoms with E-state index in [4.69, 9.17) is 5.11 Å². The number of anilines is 1. The van der Waals surface area contributed by atoms with Gasteiger partial charge in [0, 0.05) is 5.69 Å². The number of hydrogen-bond acceptors (Lipinski definition) is 1. The molecule has 0 aliphatic carbocycles. The van der Waals surface area contributed by atoms with Crippen molar-refractivity contribution in [1.82, 2.24) is 0 Å². The number of carbonyl (C=O) groups is 1. The van der Waals surface area contributed by atoms with Crippen LogP contribution in [0.3, 0.4) is 0 Å². The molecule has 1 aromatic carbocycles. The SMILES string of the molecule is CC(C)Cc1ccccc1NC(=O)O. The molecule has 0 bridgehead atoms. The molecule has 0 aliphatic heterocycles. The average molecular weight is 193 g/mol.